The first-order valence-corrected chi connectivity index (χ1v) is 10.5. The summed E-state index contributed by atoms with van der Waals surface area (Å²) in [4.78, 5) is 17.9. The summed E-state index contributed by atoms with van der Waals surface area (Å²) in [7, 11) is 0. The van der Waals surface area contributed by atoms with Crippen molar-refractivity contribution in [2.45, 2.75) is 6.61 Å². The first-order chi connectivity index (χ1) is 15.1. The third kappa shape index (κ3) is 2.69. The summed E-state index contributed by atoms with van der Waals surface area (Å²) in [6.07, 6.45) is 1.78. The molecule has 3 heterocycles. The van der Waals surface area contributed by atoms with E-state index in [2.05, 4.69) is 4.98 Å². The summed E-state index contributed by atoms with van der Waals surface area (Å²) < 4.78 is 7.76. The van der Waals surface area contributed by atoms with E-state index in [1.807, 2.05) is 48.5 Å². The Morgan fingerprint density at radius 1 is 0.839 bits per heavy atom. The number of hydrogen-bond acceptors (Lipinski definition) is 3. The quantitative estimate of drug-likeness (QED) is 0.293. The fourth-order valence-electron chi connectivity index (χ4n) is 4.26. The van der Waals surface area contributed by atoms with Crippen LogP contribution >= 0.6 is 23.2 Å². The maximum absolute atomic E-state index is 13.3. The Labute approximate surface area is 186 Å². The van der Waals surface area contributed by atoms with Crippen molar-refractivity contribution in [2.24, 2.45) is 0 Å². The van der Waals surface area contributed by atoms with Crippen LogP contribution in [0, 0.1) is 0 Å². The molecule has 3 aromatic carbocycles. The zero-order valence-electron chi connectivity index (χ0n) is 16.1. The average Bonchev–Trinajstić information content (AvgIpc) is 3.12. The van der Waals surface area contributed by atoms with Crippen molar-refractivity contribution >= 4 is 61.3 Å². The lowest BCUT2D eigenvalue weighted by Crippen LogP contribution is -2.13. The summed E-state index contributed by atoms with van der Waals surface area (Å²) in [5, 5.41) is 4.54. The van der Waals surface area contributed by atoms with E-state index >= 15 is 0 Å². The van der Waals surface area contributed by atoms with Gasteiger partial charge in [-0.25, -0.2) is 0 Å². The van der Waals surface area contributed by atoms with Crippen molar-refractivity contribution < 1.29 is 4.74 Å². The minimum Gasteiger partial charge on any atom is -0.489 e. The Bertz CT molecular complexity index is 1670. The van der Waals surface area contributed by atoms with Gasteiger partial charge in [0, 0.05) is 43.4 Å². The van der Waals surface area contributed by atoms with Gasteiger partial charge in [0.2, 0.25) is 0 Å². The molecule has 0 amide bonds. The van der Waals surface area contributed by atoms with Gasteiger partial charge in [-0.15, -0.1) is 0 Å². The lowest BCUT2D eigenvalue weighted by atomic mass is 10.1. The Morgan fingerprint density at radius 3 is 2.42 bits per heavy atom. The second-order valence-corrected chi connectivity index (χ2v) is 8.22. The van der Waals surface area contributed by atoms with E-state index in [0.29, 0.717) is 21.2 Å². The second-order valence-electron chi connectivity index (χ2n) is 7.41. The molecule has 6 rings (SSSR count). The van der Waals surface area contributed by atoms with E-state index in [0.717, 1.165) is 38.3 Å². The molecule has 6 heteroatoms. The largest absolute Gasteiger partial charge is 0.489 e. The van der Waals surface area contributed by atoms with Crippen LogP contribution in [-0.4, -0.2) is 9.38 Å². The highest BCUT2D eigenvalue weighted by molar-refractivity contribution is 6.36. The first kappa shape index (κ1) is 18.4. The highest BCUT2D eigenvalue weighted by Crippen LogP contribution is 2.35. The lowest BCUT2D eigenvalue weighted by Gasteiger charge is -2.09. The SMILES string of the molecule is O=c1c2ccccc2c2nccc3c4cc(OCc5c(Cl)cccc5Cl)ccc4n1c32. The maximum atomic E-state index is 13.3. The average molecular weight is 445 g/mol. The van der Waals surface area contributed by atoms with Crippen molar-refractivity contribution in [3.05, 3.63) is 98.9 Å². The number of ether oxygens (including phenoxy) is 1. The standard InChI is InChI=1S/C25H14Cl2N2O2/c26-20-6-3-7-21(27)19(20)13-31-14-8-9-22-18(12-14)16-10-11-28-23-15-4-1-2-5-17(15)25(30)29(22)24(16)23/h1-12H,13H2. The molecular weight excluding hydrogens is 431 g/mol. The third-order valence-corrected chi connectivity index (χ3v) is 6.42. The van der Waals surface area contributed by atoms with E-state index in [1.165, 1.54) is 0 Å². The first-order valence-electron chi connectivity index (χ1n) is 9.76. The molecule has 150 valence electrons. The number of benzene rings is 3. The summed E-state index contributed by atoms with van der Waals surface area (Å²) in [5.41, 5.74) is 3.16. The fraction of sp³-hybridized carbons (Fsp3) is 0.0400. The number of rotatable bonds is 3. The number of nitrogens with zero attached hydrogens (tertiary/aromatic N) is 2. The minimum absolute atomic E-state index is 0.0485. The lowest BCUT2D eigenvalue weighted by molar-refractivity contribution is 0.307. The van der Waals surface area contributed by atoms with Gasteiger partial charge in [-0.1, -0.05) is 47.5 Å². The van der Waals surface area contributed by atoms with Crippen LogP contribution in [0.15, 0.2) is 77.7 Å². The van der Waals surface area contributed by atoms with Crippen LogP contribution in [-0.2, 0) is 6.61 Å². The van der Waals surface area contributed by atoms with Crippen LogP contribution in [0.2, 0.25) is 10.0 Å². The predicted molar refractivity (Wildman–Crippen MR) is 126 cm³/mol. The monoisotopic (exact) mass is 444 g/mol. The van der Waals surface area contributed by atoms with E-state index in [4.69, 9.17) is 27.9 Å². The normalized spacial score (nSPS) is 11.8. The molecule has 0 atom stereocenters. The summed E-state index contributed by atoms with van der Waals surface area (Å²) in [6.45, 7) is 0.250. The fourth-order valence-corrected chi connectivity index (χ4v) is 4.77. The van der Waals surface area contributed by atoms with Gasteiger partial charge in [0.1, 0.15) is 12.4 Å². The summed E-state index contributed by atoms with van der Waals surface area (Å²) in [5.74, 6) is 0.671. The minimum atomic E-state index is -0.0485. The molecule has 0 aliphatic carbocycles. The molecule has 31 heavy (non-hydrogen) atoms. The molecule has 4 nitrogen and oxygen atoms in total. The van der Waals surface area contributed by atoms with Crippen molar-refractivity contribution in [3.63, 3.8) is 0 Å². The van der Waals surface area contributed by atoms with E-state index in [9.17, 15) is 4.79 Å². The summed E-state index contributed by atoms with van der Waals surface area (Å²) >= 11 is 12.5. The zero-order chi connectivity index (χ0) is 21.1. The van der Waals surface area contributed by atoms with Crippen LogP contribution in [0.3, 0.4) is 0 Å². The predicted octanol–water partition coefficient (Wildman–Crippen LogP) is 6.48. The molecule has 0 aliphatic rings. The highest BCUT2D eigenvalue weighted by Gasteiger charge is 2.18. The van der Waals surface area contributed by atoms with Gasteiger partial charge in [-0.3, -0.25) is 14.2 Å². The third-order valence-electron chi connectivity index (χ3n) is 5.71. The van der Waals surface area contributed by atoms with E-state index in [1.54, 1.807) is 28.8 Å². The molecule has 0 radical (unpaired) electrons. The molecule has 0 unspecified atom stereocenters. The van der Waals surface area contributed by atoms with E-state index < -0.39 is 0 Å². The Balaban J connectivity index is 1.57. The molecule has 0 spiro atoms. The van der Waals surface area contributed by atoms with Crippen molar-refractivity contribution in [1.82, 2.24) is 9.38 Å². The van der Waals surface area contributed by atoms with Crippen LogP contribution in [0.4, 0.5) is 0 Å². The highest BCUT2D eigenvalue weighted by atomic mass is 35.5. The molecular formula is C25H14Cl2N2O2. The van der Waals surface area contributed by atoms with Gasteiger partial charge >= 0.3 is 0 Å². The number of aromatic nitrogens is 2. The van der Waals surface area contributed by atoms with Gasteiger partial charge in [-0.05, 0) is 42.5 Å². The summed E-state index contributed by atoms with van der Waals surface area (Å²) in [6, 6.07) is 20.6. The van der Waals surface area contributed by atoms with Crippen molar-refractivity contribution in [3.8, 4) is 5.75 Å². The number of halogens is 2. The van der Waals surface area contributed by atoms with Gasteiger partial charge < -0.3 is 4.74 Å². The zero-order valence-corrected chi connectivity index (χ0v) is 17.6. The number of fused-ring (bicyclic) bond motifs is 5. The Kier molecular flexibility index (Phi) is 4.07. The van der Waals surface area contributed by atoms with Crippen LogP contribution in [0.5, 0.6) is 5.75 Å². The molecule has 0 fully saturated rings. The van der Waals surface area contributed by atoms with Crippen LogP contribution in [0.1, 0.15) is 5.56 Å². The van der Waals surface area contributed by atoms with Crippen LogP contribution in [0.25, 0.3) is 38.1 Å². The molecule has 3 aromatic heterocycles. The molecule has 0 aliphatic heterocycles. The van der Waals surface area contributed by atoms with Crippen LogP contribution < -0.4 is 10.3 Å². The van der Waals surface area contributed by atoms with Gasteiger partial charge in [0.25, 0.3) is 5.56 Å². The number of hydrogen-bond donors (Lipinski definition) is 0. The smallest absolute Gasteiger partial charge is 0.263 e. The van der Waals surface area contributed by atoms with Crippen molar-refractivity contribution in [1.29, 1.82) is 0 Å². The molecule has 0 saturated heterocycles. The van der Waals surface area contributed by atoms with Gasteiger partial charge in [-0.2, -0.15) is 0 Å². The Morgan fingerprint density at radius 2 is 1.61 bits per heavy atom. The molecule has 0 bridgehead atoms. The molecule has 0 saturated carbocycles. The second kappa shape index (κ2) is 6.84. The number of pyridine rings is 2. The van der Waals surface area contributed by atoms with Gasteiger partial charge in [0.05, 0.1) is 16.6 Å². The van der Waals surface area contributed by atoms with Gasteiger partial charge in [0.15, 0.2) is 0 Å². The Hall–Kier alpha value is -3.34. The maximum Gasteiger partial charge on any atom is 0.263 e. The van der Waals surface area contributed by atoms with E-state index in [-0.39, 0.29) is 12.2 Å². The molecule has 6 aromatic rings. The van der Waals surface area contributed by atoms with Crippen molar-refractivity contribution in [2.75, 3.05) is 0 Å². The molecule has 0 N–H and O–H groups in total. The topological polar surface area (TPSA) is 43.6 Å².